The van der Waals surface area contributed by atoms with Gasteiger partial charge in [0.05, 0.1) is 9.40 Å². The fourth-order valence-corrected chi connectivity index (χ4v) is 11.6. The Bertz CT molecular complexity index is 2170. The molecule has 0 aliphatic carbocycles. The van der Waals surface area contributed by atoms with E-state index in [4.69, 9.17) is 0 Å². The first-order chi connectivity index (χ1) is 20.4. The molecule has 42 heavy (non-hydrogen) atoms. The summed E-state index contributed by atoms with van der Waals surface area (Å²) in [4.78, 5) is 29.7. The van der Waals surface area contributed by atoms with E-state index in [0.717, 1.165) is 19.5 Å². The van der Waals surface area contributed by atoms with Crippen molar-refractivity contribution in [1.82, 2.24) is 0 Å². The van der Waals surface area contributed by atoms with Crippen LogP contribution in [0.4, 0.5) is 0 Å². The van der Waals surface area contributed by atoms with E-state index in [2.05, 4.69) is 60.7 Å². The Kier molecular flexibility index (Phi) is 6.18. The second kappa shape index (κ2) is 9.98. The zero-order chi connectivity index (χ0) is 28.5. The fourth-order valence-electron chi connectivity index (χ4n) is 4.98. The van der Waals surface area contributed by atoms with E-state index in [-0.39, 0.29) is 0 Å². The first-order valence-electron chi connectivity index (χ1n) is 12.7. The molecule has 0 atom stereocenters. The summed E-state index contributed by atoms with van der Waals surface area (Å²) in [5.41, 5.74) is 2.34. The zero-order valence-electron chi connectivity index (χ0n) is 21.2. The highest BCUT2D eigenvalue weighted by Gasteiger charge is 2.16. The maximum Gasteiger partial charge on any atom is 0.345 e. The molecule has 8 aromatic rings. The van der Waals surface area contributed by atoms with E-state index in [0.29, 0.717) is 9.75 Å². The minimum Gasteiger partial charge on any atom is -0.477 e. The third kappa shape index (κ3) is 4.34. The van der Waals surface area contributed by atoms with E-state index >= 15 is 0 Å². The molecule has 0 radical (unpaired) electrons. The van der Waals surface area contributed by atoms with Crippen molar-refractivity contribution in [2.24, 2.45) is 0 Å². The van der Waals surface area contributed by atoms with E-state index in [1.54, 1.807) is 34.8 Å². The molecule has 0 saturated heterocycles. The molecule has 8 rings (SSSR count). The Morgan fingerprint density at radius 3 is 1.21 bits per heavy atom. The van der Waals surface area contributed by atoms with Gasteiger partial charge in [0, 0.05) is 49.4 Å². The maximum atomic E-state index is 11.3. The molecule has 204 valence electrons. The minimum atomic E-state index is -0.887. The average molecular weight is 657 g/mol. The smallest absolute Gasteiger partial charge is 0.345 e. The van der Waals surface area contributed by atoms with E-state index in [9.17, 15) is 19.8 Å². The Hall–Kier alpha value is -3.64. The molecule has 6 aromatic heterocycles. The van der Waals surface area contributed by atoms with Crippen molar-refractivity contribution < 1.29 is 19.8 Å². The molecule has 10 heteroatoms. The van der Waals surface area contributed by atoms with Crippen LogP contribution in [0.3, 0.4) is 0 Å². The lowest BCUT2D eigenvalue weighted by Gasteiger charge is -1.99. The van der Waals surface area contributed by atoms with Gasteiger partial charge >= 0.3 is 11.9 Å². The van der Waals surface area contributed by atoms with Gasteiger partial charge in [-0.25, -0.2) is 9.59 Å². The van der Waals surface area contributed by atoms with Crippen molar-refractivity contribution in [2.75, 3.05) is 0 Å². The molecular weight excluding hydrogens is 641 g/mol. The first-order valence-corrected chi connectivity index (χ1v) is 17.6. The molecule has 2 aromatic carbocycles. The summed E-state index contributed by atoms with van der Waals surface area (Å²) in [5, 5.41) is 21.1. The highest BCUT2D eigenvalue weighted by molar-refractivity contribution is 7.36. The van der Waals surface area contributed by atoms with Crippen LogP contribution in [0.15, 0.2) is 84.9 Å². The van der Waals surface area contributed by atoms with E-state index in [1.165, 1.54) is 73.1 Å². The fraction of sp³-hybridized carbons (Fsp3) is 0. The summed E-state index contributed by atoms with van der Waals surface area (Å²) in [5.74, 6) is -1.77. The zero-order valence-corrected chi connectivity index (χ0v) is 26.1. The molecule has 0 saturated carbocycles. The Morgan fingerprint density at radius 2 is 0.810 bits per heavy atom. The summed E-state index contributed by atoms with van der Waals surface area (Å²) in [6.07, 6.45) is 0. The van der Waals surface area contributed by atoms with Crippen LogP contribution in [-0.2, 0) is 0 Å². The molecule has 0 fully saturated rings. The second-order valence-corrected chi connectivity index (χ2v) is 16.0. The second-order valence-electron chi connectivity index (χ2n) is 9.55. The maximum absolute atomic E-state index is 11.3. The molecule has 0 spiro atoms. The SMILES string of the molecule is O=C(O)c1ccc(-c2ccc(-c3ccc4c(c3)sc3c5ccc(-c6ccc(-c7ccc(C(=O)O)s7)s6)cc5sc43)s2)s1. The first kappa shape index (κ1) is 26.0. The van der Waals surface area contributed by atoms with Gasteiger partial charge in [-0.05, 0) is 71.8 Å². The number of fused-ring (bicyclic) bond motifs is 5. The highest BCUT2D eigenvalue weighted by Crippen LogP contribution is 2.47. The molecule has 2 N–H and O–H groups in total. The van der Waals surface area contributed by atoms with Gasteiger partial charge in [0.1, 0.15) is 9.75 Å². The molecule has 0 aliphatic rings. The standard InChI is InChI=1S/C32H16O4S6/c33-31(34)25-11-9-23(39-25)21-7-5-19(37-21)15-1-3-17-27(13-15)41-30-18-4-2-16(14-28(18)42-29(17)30)20-6-8-22(38-20)24-10-12-26(40-24)32(35)36/h1-14H,(H,33,34)(H,35,36). The van der Waals surface area contributed by atoms with Crippen LogP contribution in [0.2, 0.25) is 0 Å². The third-order valence-electron chi connectivity index (χ3n) is 6.98. The van der Waals surface area contributed by atoms with Gasteiger partial charge in [-0.1, -0.05) is 24.3 Å². The molecule has 4 nitrogen and oxygen atoms in total. The predicted molar refractivity (Wildman–Crippen MR) is 182 cm³/mol. The van der Waals surface area contributed by atoms with Crippen molar-refractivity contribution in [3.05, 3.63) is 94.7 Å². The van der Waals surface area contributed by atoms with Crippen LogP contribution < -0.4 is 0 Å². The van der Waals surface area contributed by atoms with Crippen LogP contribution in [0, 0.1) is 0 Å². The lowest BCUT2D eigenvalue weighted by Crippen LogP contribution is -1.89. The summed E-state index contributed by atoms with van der Waals surface area (Å²) in [6, 6.07) is 28.9. The van der Waals surface area contributed by atoms with Gasteiger partial charge < -0.3 is 10.2 Å². The topological polar surface area (TPSA) is 74.6 Å². The van der Waals surface area contributed by atoms with Gasteiger partial charge in [0.25, 0.3) is 0 Å². The monoisotopic (exact) mass is 656 g/mol. The molecule has 6 heterocycles. The molecule has 0 aliphatic heterocycles. The van der Waals surface area contributed by atoms with Crippen LogP contribution in [-0.4, -0.2) is 22.2 Å². The van der Waals surface area contributed by atoms with Crippen LogP contribution >= 0.6 is 68.0 Å². The Labute approximate surface area is 262 Å². The number of hydrogen-bond acceptors (Lipinski definition) is 8. The summed E-state index contributed by atoms with van der Waals surface area (Å²) in [7, 11) is 0. The summed E-state index contributed by atoms with van der Waals surface area (Å²) >= 11 is 9.65. The van der Waals surface area contributed by atoms with Gasteiger partial charge in [-0.2, -0.15) is 0 Å². The Balaban J connectivity index is 1.11. The number of benzene rings is 2. The van der Waals surface area contributed by atoms with Crippen molar-refractivity contribution in [3.63, 3.8) is 0 Å². The van der Waals surface area contributed by atoms with E-state index in [1.807, 2.05) is 34.8 Å². The van der Waals surface area contributed by atoms with Crippen LogP contribution in [0.1, 0.15) is 19.3 Å². The van der Waals surface area contributed by atoms with Crippen molar-refractivity contribution in [2.45, 2.75) is 0 Å². The number of hydrogen-bond donors (Lipinski definition) is 2. The summed E-state index contributed by atoms with van der Waals surface area (Å²) < 4.78 is 5.15. The van der Waals surface area contributed by atoms with Gasteiger partial charge in [-0.15, -0.1) is 68.0 Å². The van der Waals surface area contributed by atoms with Crippen molar-refractivity contribution in [3.8, 4) is 40.4 Å². The van der Waals surface area contributed by atoms with Gasteiger partial charge in [-0.3, -0.25) is 0 Å². The van der Waals surface area contributed by atoms with Crippen LogP contribution in [0.5, 0.6) is 0 Å². The summed E-state index contributed by atoms with van der Waals surface area (Å²) in [6.45, 7) is 0. The molecule has 0 unspecified atom stereocenters. The quantitative estimate of drug-likeness (QED) is 0.187. The lowest BCUT2D eigenvalue weighted by molar-refractivity contribution is 0.0691. The number of aromatic carboxylic acids is 2. The Morgan fingerprint density at radius 1 is 0.429 bits per heavy atom. The molecular formula is C32H16O4S6. The average Bonchev–Trinajstić information content (AvgIpc) is 3.81. The molecule has 0 amide bonds. The third-order valence-corrected chi connectivity index (χ3v) is 14.3. The number of carbonyl (C=O) groups is 2. The van der Waals surface area contributed by atoms with E-state index < -0.39 is 11.9 Å². The highest BCUT2D eigenvalue weighted by atomic mass is 32.1. The minimum absolute atomic E-state index is 0.356. The number of thiophene rings is 6. The van der Waals surface area contributed by atoms with Gasteiger partial charge in [0.2, 0.25) is 0 Å². The predicted octanol–water partition coefficient (Wildman–Crippen LogP) is 11.6. The largest absolute Gasteiger partial charge is 0.477 e. The van der Waals surface area contributed by atoms with Gasteiger partial charge in [0.15, 0.2) is 0 Å². The van der Waals surface area contributed by atoms with Crippen LogP contribution in [0.25, 0.3) is 70.0 Å². The van der Waals surface area contributed by atoms with Crippen molar-refractivity contribution in [1.29, 1.82) is 0 Å². The molecule has 0 bridgehead atoms. The number of carboxylic acid groups (broad SMARTS) is 2. The van der Waals surface area contributed by atoms with Crippen molar-refractivity contribution >= 4 is 110 Å². The normalized spacial score (nSPS) is 11.7. The lowest BCUT2D eigenvalue weighted by atomic mass is 10.1. The number of rotatable bonds is 6. The number of carboxylic acids is 2.